The molecular weight excluding hydrogens is 793 g/mol. The van der Waals surface area contributed by atoms with Crippen LogP contribution < -0.4 is 10.6 Å². The smallest absolute Gasteiger partial charge is 0.262 e. The van der Waals surface area contributed by atoms with E-state index in [0.29, 0.717) is 16.5 Å². The lowest BCUT2D eigenvalue weighted by Crippen LogP contribution is -2.39. The van der Waals surface area contributed by atoms with Gasteiger partial charge in [0.2, 0.25) is 11.8 Å². The molecule has 5 N–H and O–H groups in total. The minimum atomic E-state index is -1.34. The van der Waals surface area contributed by atoms with Crippen molar-refractivity contribution in [3.05, 3.63) is 128 Å². The molecule has 0 spiro atoms. The normalized spacial score (nSPS) is 13.1. The molecule has 0 fully saturated rings. The maximum atomic E-state index is 15.2. The van der Waals surface area contributed by atoms with Crippen LogP contribution in [0.15, 0.2) is 72.8 Å². The van der Waals surface area contributed by atoms with Crippen molar-refractivity contribution in [1.29, 1.82) is 0 Å². The number of phenols is 2. The van der Waals surface area contributed by atoms with Crippen LogP contribution in [0, 0.1) is 25.5 Å². The molecule has 2 amide bonds. The molecule has 58 heavy (non-hydrogen) atoms. The summed E-state index contributed by atoms with van der Waals surface area (Å²) < 4.78 is 32.7. The predicted octanol–water partition coefficient (Wildman–Crippen LogP) is 7.87. The summed E-state index contributed by atoms with van der Waals surface area (Å²) in [4.78, 5) is 57.4. The molecule has 302 valence electrons. The van der Waals surface area contributed by atoms with Crippen LogP contribution in [-0.2, 0) is 9.59 Å². The minimum Gasteiger partial charge on any atom is -0.505 e. The molecule has 0 saturated carbocycles. The molecule has 0 aliphatic carbocycles. The highest BCUT2D eigenvalue weighted by atomic mass is 35.5. The summed E-state index contributed by atoms with van der Waals surface area (Å²) in [6.07, 6.45) is 0.158. The zero-order valence-corrected chi connectivity index (χ0v) is 33.4. The predicted molar refractivity (Wildman–Crippen MR) is 217 cm³/mol. The van der Waals surface area contributed by atoms with Gasteiger partial charge in [-0.15, -0.1) is 0 Å². The SMILES string of the molecule is CCC(C)NC(=O)C(CC(C(=O)NCCO)c1c(C)n(C(=O)c2ccc(Cl)cc2)c2cc(F)c(O)cc12)c1c(C)n(C(=O)c2ccc(Cl)cc2)c2cc(F)c(O)cc12. The number of halogens is 4. The van der Waals surface area contributed by atoms with Gasteiger partial charge in [0.1, 0.15) is 0 Å². The summed E-state index contributed by atoms with van der Waals surface area (Å²) in [5.41, 5.74) is 1.16. The number of fused-ring (bicyclic) bond motifs is 2. The molecule has 0 radical (unpaired) electrons. The largest absolute Gasteiger partial charge is 0.505 e. The molecule has 0 aliphatic heterocycles. The van der Waals surface area contributed by atoms with Gasteiger partial charge in [0.05, 0.1) is 29.5 Å². The second kappa shape index (κ2) is 17.0. The Kier molecular flexibility index (Phi) is 12.3. The maximum Gasteiger partial charge on any atom is 0.262 e. The van der Waals surface area contributed by atoms with E-state index < -0.39 is 65.2 Å². The summed E-state index contributed by atoms with van der Waals surface area (Å²) in [5.74, 6) is -8.67. The van der Waals surface area contributed by atoms with Crippen LogP contribution in [0.5, 0.6) is 11.5 Å². The van der Waals surface area contributed by atoms with Crippen molar-refractivity contribution in [3.63, 3.8) is 0 Å². The number of hydrogen-bond donors (Lipinski definition) is 5. The molecule has 2 heterocycles. The number of carbonyl (C=O) groups is 4. The Bertz CT molecular complexity index is 2590. The zero-order chi connectivity index (χ0) is 42.2. The number of amides is 2. The van der Waals surface area contributed by atoms with Crippen LogP contribution in [0.3, 0.4) is 0 Å². The van der Waals surface area contributed by atoms with E-state index in [1.165, 1.54) is 57.7 Å². The Morgan fingerprint density at radius 3 is 1.52 bits per heavy atom. The second-order valence-electron chi connectivity index (χ2n) is 14.1. The Morgan fingerprint density at radius 1 is 0.707 bits per heavy atom. The Labute approximate surface area is 341 Å². The fraction of sp³-hybridized carbons (Fsp3) is 0.256. The van der Waals surface area contributed by atoms with Crippen LogP contribution in [0.25, 0.3) is 21.8 Å². The van der Waals surface area contributed by atoms with Crippen molar-refractivity contribution < 1.29 is 43.3 Å². The third kappa shape index (κ3) is 7.89. The number of carbonyl (C=O) groups excluding carboxylic acids is 4. The van der Waals surface area contributed by atoms with E-state index in [9.17, 15) is 34.5 Å². The van der Waals surface area contributed by atoms with E-state index in [1.807, 2.05) is 6.92 Å². The lowest BCUT2D eigenvalue weighted by atomic mass is 9.81. The number of nitrogens with zero attached hydrogens (tertiary/aromatic N) is 2. The highest BCUT2D eigenvalue weighted by Gasteiger charge is 2.38. The molecule has 6 aromatic rings. The molecule has 3 unspecified atom stereocenters. The van der Waals surface area contributed by atoms with E-state index in [1.54, 1.807) is 20.8 Å². The fourth-order valence-electron chi connectivity index (χ4n) is 7.44. The summed E-state index contributed by atoms with van der Waals surface area (Å²) in [7, 11) is 0. The van der Waals surface area contributed by atoms with Gasteiger partial charge in [-0.1, -0.05) is 30.1 Å². The maximum absolute atomic E-state index is 15.2. The number of aromatic hydroxyl groups is 2. The van der Waals surface area contributed by atoms with Crippen molar-refractivity contribution in [2.75, 3.05) is 13.2 Å². The first kappa shape index (κ1) is 41.9. The van der Waals surface area contributed by atoms with Gasteiger partial charge in [-0.05, 0) is 105 Å². The van der Waals surface area contributed by atoms with E-state index in [-0.39, 0.29) is 74.5 Å². The molecule has 11 nitrogen and oxygen atoms in total. The van der Waals surface area contributed by atoms with Crippen LogP contribution in [0.4, 0.5) is 8.78 Å². The summed E-state index contributed by atoms with van der Waals surface area (Å²) in [6, 6.07) is 15.8. The second-order valence-corrected chi connectivity index (χ2v) is 15.0. The number of hydrogen-bond acceptors (Lipinski definition) is 7. The molecule has 6 rings (SSSR count). The van der Waals surface area contributed by atoms with Gasteiger partial charge in [0.15, 0.2) is 23.1 Å². The highest BCUT2D eigenvalue weighted by Crippen LogP contribution is 2.44. The monoisotopic (exact) mass is 832 g/mol. The quantitative estimate of drug-likeness (QED) is 0.0839. The molecule has 3 atom stereocenters. The standard InChI is InChI=1S/C43H40Cl2F2N4O7/c1-5-21(2)49-41(56)31(39-23(4)51(35-20-33(47)37(54)18-29(35)39)43(58)25-8-12-27(45)13-9-25)16-30(40(55)48-14-15-52)38-22(3)50(34-19-32(46)36(53)17-28(34)38)42(57)24-6-10-26(44)11-7-24/h6-13,17-21,30-31,52-54H,5,14-16H2,1-4H3,(H,48,55)(H,49,56). The number of aromatic nitrogens is 2. The first-order chi connectivity index (χ1) is 27.6. The van der Waals surface area contributed by atoms with Crippen molar-refractivity contribution in [2.24, 2.45) is 0 Å². The van der Waals surface area contributed by atoms with Crippen molar-refractivity contribution in [1.82, 2.24) is 19.8 Å². The number of benzene rings is 4. The molecule has 0 bridgehead atoms. The average molecular weight is 834 g/mol. The van der Waals surface area contributed by atoms with E-state index in [2.05, 4.69) is 10.6 Å². The molecule has 0 saturated heterocycles. The van der Waals surface area contributed by atoms with E-state index >= 15 is 8.78 Å². The number of aliphatic hydroxyl groups is 1. The fourth-order valence-corrected chi connectivity index (χ4v) is 7.69. The van der Waals surface area contributed by atoms with Crippen LogP contribution in [-0.4, -0.2) is 67.3 Å². The van der Waals surface area contributed by atoms with Gasteiger partial charge in [-0.25, -0.2) is 8.78 Å². The molecule has 15 heteroatoms. The number of phenolic OH excluding ortho intramolecular Hbond substituents is 2. The van der Waals surface area contributed by atoms with Crippen LogP contribution in [0.1, 0.15) is 81.8 Å². The van der Waals surface area contributed by atoms with Gasteiger partial charge in [-0.2, -0.15) is 0 Å². The van der Waals surface area contributed by atoms with E-state index in [4.69, 9.17) is 23.2 Å². The summed E-state index contributed by atoms with van der Waals surface area (Å²) in [5, 5.41) is 37.7. The third-order valence-electron chi connectivity index (χ3n) is 10.4. The first-order valence-corrected chi connectivity index (χ1v) is 19.2. The molecular formula is C43H40Cl2F2N4O7. The van der Waals surface area contributed by atoms with Gasteiger partial charge < -0.3 is 26.0 Å². The molecule has 4 aromatic carbocycles. The number of aliphatic hydroxyl groups excluding tert-OH is 1. The van der Waals surface area contributed by atoms with Gasteiger partial charge >= 0.3 is 0 Å². The Hall–Kier alpha value is -5.76. The lowest BCUT2D eigenvalue weighted by Gasteiger charge is -2.26. The van der Waals surface area contributed by atoms with Crippen LogP contribution in [0.2, 0.25) is 10.0 Å². The van der Waals surface area contributed by atoms with Crippen LogP contribution >= 0.6 is 23.2 Å². The zero-order valence-electron chi connectivity index (χ0n) is 31.9. The Balaban J connectivity index is 1.63. The summed E-state index contributed by atoms with van der Waals surface area (Å²) in [6.45, 7) is 6.10. The number of rotatable bonds is 12. The first-order valence-electron chi connectivity index (χ1n) is 18.4. The number of nitrogens with one attached hydrogen (secondary N) is 2. The highest BCUT2D eigenvalue weighted by molar-refractivity contribution is 6.31. The van der Waals surface area contributed by atoms with E-state index in [0.717, 1.165) is 24.3 Å². The molecule has 0 aliphatic rings. The topological polar surface area (TPSA) is 163 Å². The molecule has 2 aromatic heterocycles. The van der Waals surface area contributed by atoms with Crippen molar-refractivity contribution >= 4 is 68.6 Å². The lowest BCUT2D eigenvalue weighted by molar-refractivity contribution is -0.125. The van der Waals surface area contributed by atoms with Crippen molar-refractivity contribution in [3.8, 4) is 11.5 Å². The van der Waals surface area contributed by atoms with Gasteiger partial charge in [0.25, 0.3) is 11.8 Å². The summed E-state index contributed by atoms with van der Waals surface area (Å²) >= 11 is 12.2. The van der Waals surface area contributed by atoms with Crippen molar-refractivity contribution in [2.45, 2.75) is 58.4 Å². The average Bonchev–Trinajstić information content (AvgIpc) is 3.62. The third-order valence-corrected chi connectivity index (χ3v) is 10.9. The Morgan fingerprint density at radius 2 is 1.12 bits per heavy atom. The van der Waals surface area contributed by atoms with Gasteiger partial charge in [-0.3, -0.25) is 28.3 Å². The van der Waals surface area contributed by atoms with Gasteiger partial charge in [0, 0.05) is 68.1 Å². The minimum absolute atomic E-state index is 0.0186.